The summed E-state index contributed by atoms with van der Waals surface area (Å²) >= 11 is 0. The Labute approximate surface area is 163 Å². The quantitative estimate of drug-likeness (QED) is 0.588. The Hall–Kier alpha value is -2.94. The standard InChI is InChI=1S/C22H23NO2.C2H6/c1-5-17-19(6-2)23(3)20-15-11-10-14-18(20)21(17)22(24-4)25-16-12-8-7-9-13-16;1-2/h5-15H,1-4H3;1-2H3/b17-5+,19-6+,22-21+;. The molecule has 1 aliphatic rings. The minimum absolute atomic E-state index is 0.499. The molecule has 0 N–H and O–H groups in total. The Morgan fingerprint density at radius 1 is 0.889 bits per heavy atom. The first-order valence-electron chi connectivity index (χ1n) is 9.39. The number of ether oxygens (including phenoxy) is 2. The van der Waals surface area contributed by atoms with E-state index in [1.165, 1.54) is 0 Å². The van der Waals surface area contributed by atoms with Crippen molar-refractivity contribution in [3.8, 4) is 5.75 Å². The number of nitrogens with zero attached hydrogens (tertiary/aromatic N) is 1. The van der Waals surface area contributed by atoms with Crippen molar-refractivity contribution in [2.45, 2.75) is 27.7 Å². The van der Waals surface area contributed by atoms with Gasteiger partial charge < -0.3 is 14.4 Å². The van der Waals surface area contributed by atoms with Gasteiger partial charge in [0.1, 0.15) is 5.75 Å². The molecule has 3 rings (SSSR count). The molecule has 27 heavy (non-hydrogen) atoms. The first-order valence-corrected chi connectivity index (χ1v) is 9.39. The molecule has 2 aromatic carbocycles. The van der Waals surface area contributed by atoms with Crippen LogP contribution in [0.25, 0.3) is 5.57 Å². The smallest absolute Gasteiger partial charge is 0.293 e. The van der Waals surface area contributed by atoms with Crippen molar-refractivity contribution in [2.75, 3.05) is 19.1 Å². The Kier molecular flexibility index (Phi) is 7.30. The average Bonchev–Trinajstić information content (AvgIpc) is 2.74. The van der Waals surface area contributed by atoms with E-state index in [9.17, 15) is 0 Å². The van der Waals surface area contributed by atoms with E-state index in [1.54, 1.807) is 7.11 Å². The minimum atomic E-state index is 0.499. The molecule has 1 heterocycles. The zero-order valence-electron chi connectivity index (χ0n) is 17.1. The maximum absolute atomic E-state index is 6.09. The van der Waals surface area contributed by atoms with Gasteiger partial charge >= 0.3 is 0 Å². The third-order valence-corrected chi connectivity index (χ3v) is 4.35. The Morgan fingerprint density at radius 2 is 1.52 bits per heavy atom. The van der Waals surface area contributed by atoms with Gasteiger partial charge in [0, 0.05) is 29.6 Å². The fraction of sp³-hybridized carbons (Fsp3) is 0.250. The normalized spacial score (nSPS) is 17.8. The summed E-state index contributed by atoms with van der Waals surface area (Å²) in [5.41, 5.74) is 5.41. The van der Waals surface area contributed by atoms with Crippen LogP contribution in [0.4, 0.5) is 5.69 Å². The summed E-state index contributed by atoms with van der Waals surface area (Å²) in [6.07, 6.45) is 4.21. The number of rotatable bonds is 3. The molecule has 0 atom stereocenters. The SMILES string of the molecule is C/C=C1C(=C/C)\N(C)c2ccccc2C\1=C(/OC)Oc1ccccc1.CC. The monoisotopic (exact) mass is 363 g/mol. The lowest BCUT2D eigenvalue weighted by Crippen LogP contribution is -2.25. The number of anilines is 1. The molecule has 1 aliphatic heterocycles. The van der Waals surface area contributed by atoms with Crippen LogP contribution in [0.2, 0.25) is 0 Å². The van der Waals surface area contributed by atoms with Crippen LogP contribution < -0.4 is 9.64 Å². The van der Waals surface area contributed by atoms with Gasteiger partial charge in [0.15, 0.2) is 0 Å². The van der Waals surface area contributed by atoms with Crippen molar-refractivity contribution in [1.82, 2.24) is 0 Å². The molecule has 0 saturated heterocycles. The van der Waals surface area contributed by atoms with E-state index in [0.717, 1.165) is 33.8 Å². The van der Waals surface area contributed by atoms with Gasteiger partial charge in [-0.25, -0.2) is 0 Å². The highest BCUT2D eigenvalue weighted by Crippen LogP contribution is 2.44. The van der Waals surface area contributed by atoms with E-state index in [1.807, 2.05) is 70.2 Å². The number of para-hydroxylation sites is 2. The second-order valence-electron chi connectivity index (χ2n) is 5.73. The number of methoxy groups -OCH3 is 1. The van der Waals surface area contributed by atoms with Crippen molar-refractivity contribution >= 4 is 11.3 Å². The average molecular weight is 364 g/mol. The van der Waals surface area contributed by atoms with Crippen LogP contribution in [0.1, 0.15) is 33.3 Å². The molecule has 0 unspecified atom stereocenters. The van der Waals surface area contributed by atoms with E-state index in [4.69, 9.17) is 9.47 Å². The molecule has 0 radical (unpaired) electrons. The van der Waals surface area contributed by atoms with Gasteiger partial charge in [-0.3, -0.25) is 0 Å². The number of fused-ring (bicyclic) bond motifs is 1. The van der Waals surface area contributed by atoms with Gasteiger partial charge in [-0.05, 0) is 32.0 Å². The van der Waals surface area contributed by atoms with E-state index in [-0.39, 0.29) is 0 Å². The number of hydrogen-bond acceptors (Lipinski definition) is 3. The van der Waals surface area contributed by atoms with E-state index in [2.05, 4.69) is 36.2 Å². The third kappa shape index (κ3) is 4.08. The van der Waals surface area contributed by atoms with Gasteiger partial charge in [-0.15, -0.1) is 0 Å². The molecule has 0 bridgehead atoms. The lowest BCUT2D eigenvalue weighted by atomic mass is 9.89. The lowest BCUT2D eigenvalue weighted by Gasteiger charge is -2.34. The summed E-state index contributed by atoms with van der Waals surface area (Å²) in [4.78, 5) is 2.20. The summed E-state index contributed by atoms with van der Waals surface area (Å²) in [6.45, 7) is 8.09. The predicted octanol–water partition coefficient (Wildman–Crippen LogP) is 6.41. The highest BCUT2D eigenvalue weighted by atomic mass is 16.7. The van der Waals surface area contributed by atoms with Gasteiger partial charge in [0.25, 0.3) is 5.95 Å². The Bertz CT molecular complexity index is 848. The number of hydrogen-bond donors (Lipinski definition) is 0. The minimum Gasteiger partial charge on any atom is -0.468 e. The van der Waals surface area contributed by atoms with Crippen molar-refractivity contribution < 1.29 is 9.47 Å². The number of allylic oxidation sites excluding steroid dienone is 3. The van der Waals surface area contributed by atoms with Gasteiger partial charge in [0.05, 0.1) is 12.7 Å². The fourth-order valence-corrected chi connectivity index (χ4v) is 3.21. The van der Waals surface area contributed by atoms with Crippen LogP contribution in [0.5, 0.6) is 5.75 Å². The highest BCUT2D eigenvalue weighted by Gasteiger charge is 2.29. The maximum Gasteiger partial charge on any atom is 0.293 e. The second kappa shape index (κ2) is 9.67. The zero-order valence-corrected chi connectivity index (χ0v) is 17.1. The summed E-state index contributed by atoms with van der Waals surface area (Å²) < 4.78 is 11.8. The van der Waals surface area contributed by atoms with Crippen LogP contribution in [0.15, 0.2) is 84.0 Å². The molecule has 0 spiro atoms. The molecule has 3 nitrogen and oxygen atoms in total. The molecule has 2 aromatic rings. The molecule has 0 aliphatic carbocycles. The second-order valence-corrected chi connectivity index (χ2v) is 5.73. The van der Waals surface area contributed by atoms with E-state index >= 15 is 0 Å². The summed E-state index contributed by atoms with van der Waals surface area (Å²) in [5.74, 6) is 1.25. The van der Waals surface area contributed by atoms with Crippen LogP contribution in [0.3, 0.4) is 0 Å². The van der Waals surface area contributed by atoms with E-state index < -0.39 is 0 Å². The Morgan fingerprint density at radius 3 is 2.11 bits per heavy atom. The molecule has 142 valence electrons. The number of benzene rings is 2. The van der Waals surface area contributed by atoms with Gasteiger partial charge in [-0.2, -0.15) is 0 Å². The van der Waals surface area contributed by atoms with Crippen molar-refractivity contribution in [3.63, 3.8) is 0 Å². The van der Waals surface area contributed by atoms with Crippen molar-refractivity contribution in [1.29, 1.82) is 0 Å². The zero-order chi connectivity index (χ0) is 19.8. The fourth-order valence-electron chi connectivity index (χ4n) is 3.21. The lowest BCUT2D eigenvalue weighted by molar-refractivity contribution is 0.154. The van der Waals surface area contributed by atoms with Crippen LogP contribution >= 0.6 is 0 Å². The molecule has 0 saturated carbocycles. The topological polar surface area (TPSA) is 21.7 Å². The maximum atomic E-state index is 6.09. The molecule has 0 fully saturated rings. The summed E-state index contributed by atoms with van der Waals surface area (Å²) in [5, 5.41) is 0. The molecule has 3 heteroatoms. The summed E-state index contributed by atoms with van der Waals surface area (Å²) in [6, 6.07) is 18.0. The van der Waals surface area contributed by atoms with Crippen molar-refractivity contribution in [2.24, 2.45) is 0 Å². The van der Waals surface area contributed by atoms with Crippen molar-refractivity contribution in [3.05, 3.63) is 89.5 Å². The van der Waals surface area contributed by atoms with Gasteiger partial charge in [-0.1, -0.05) is 62.4 Å². The van der Waals surface area contributed by atoms with Crippen LogP contribution in [-0.4, -0.2) is 14.2 Å². The first kappa shape index (κ1) is 20.4. The number of likely N-dealkylation sites (N-methyl/N-ethyl adjacent to an activating group) is 1. The molecule has 0 amide bonds. The van der Waals surface area contributed by atoms with E-state index in [0.29, 0.717) is 5.95 Å². The molecule has 0 aromatic heterocycles. The third-order valence-electron chi connectivity index (χ3n) is 4.35. The summed E-state index contributed by atoms with van der Waals surface area (Å²) in [7, 11) is 3.73. The van der Waals surface area contributed by atoms with Gasteiger partial charge in [0.2, 0.25) is 0 Å². The molecular formula is C24H29NO2. The first-order chi connectivity index (χ1) is 13.2. The van der Waals surface area contributed by atoms with Crippen LogP contribution in [-0.2, 0) is 4.74 Å². The highest BCUT2D eigenvalue weighted by molar-refractivity contribution is 5.95. The predicted molar refractivity (Wildman–Crippen MR) is 115 cm³/mol. The van der Waals surface area contributed by atoms with Crippen LogP contribution in [0, 0.1) is 0 Å². The Balaban J connectivity index is 0.00000126. The molecular weight excluding hydrogens is 334 g/mol. The largest absolute Gasteiger partial charge is 0.468 e.